The van der Waals surface area contributed by atoms with Crippen LogP contribution in [0.15, 0.2) is 104 Å². The molecule has 2 aromatic heterocycles. The Morgan fingerprint density at radius 1 is 0.838 bits per heavy atom. The quantitative estimate of drug-likeness (QED) is 0.246. The Hall–Kier alpha value is -4.07. The van der Waals surface area contributed by atoms with Crippen LogP contribution in [0.2, 0.25) is 0 Å². The molecule has 0 amide bonds. The van der Waals surface area contributed by atoms with Crippen molar-refractivity contribution in [1.82, 2.24) is 19.5 Å². The zero-order valence-electron chi connectivity index (χ0n) is 20.9. The van der Waals surface area contributed by atoms with E-state index in [1.54, 1.807) is 6.33 Å². The summed E-state index contributed by atoms with van der Waals surface area (Å²) in [5, 5.41) is 13.2. The largest absolute Gasteiger partial charge is 0.396 e. The standard InChI is InChI=1S/C30H31N5O2/c1-2-31-28-27-29(33-21-32-28)35(22-34-27)26(18-19-36)20-37-30(23-12-6-3-7-13-23,24-14-8-4-9-15-24)25-16-10-5-11-17-25/h3-17,21-22,26,36H,2,18-20H2,1H3,(H,31,32,33). The molecule has 0 bridgehead atoms. The van der Waals surface area contributed by atoms with Gasteiger partial charge in [0.1, 0.15) is 17.4 Å². The molecule has 2 heterocycles. The molecule has 1 atom stereocenters. The second-order valence-electron chi connectivity index (χ2n) is 8.83. The molecule has 0 saturated heterocycles. The van der Waals surface area contributed by atoms with E-state index >= 15 is 0 Å². The lowest BCUT2D eigenvalue weighted by Gasteiger charge is -2.37. The van der Waals surface area contributed by atoms with Crippen molar-refractivity contribution in [2.45, 2.75) is 25.0 Å². The summed E-state index contributed by atoms with van der Waals surface area (Å²) in [7, 11) is 0. The number of anilines is 1. The monoisotopic (exact) mass is 493 g/mol. The van der Waals surface area contributed by atoms with Crippen molar-refractivity contribution in [2.75, 3.05) is 25.1 Å². The van der Waals surface area contributed by atoms with Crippen LogP contribution in [0.25, 0.3) is 11.2 Å². The van der Waals surface area contributed by atoms with Gasteiger partial charge in [0.2, 0.25) is 0 Å². The third kappa shape index (κ3) is 4.83. The number of rotatable bonds is 11. The van der Waals surface area contributed by atoms with Gasteiger partial charge in [-0.1, -0.05) is 91.0 Å². The van der Waals surface area contributed by atoms with Crippen molar-refractivity contribution in [3.05, 3.63) is 120 Å². The highest BCUT2D eigenvalue weighted by atomic mass is 16.5. The maximum Gasteiger partial charge on any atom is 0.165 e. The molecule has 0 spiro atoms. The van der Waals surface area contributed by atoms with Crippen molar-refractivity contribution in [3.8, 4) is 0 Å². The number of aliphatic hydroxyl groups excluding tert-OH is 1. The van der Waals surface area contributed by atoms with Gasteiger partial charge in [0.25, 0.3) is 0 Å². The summed E-state index contributed by atoms with van der Waals surface area (Å²) in [6.45, 7) is 3.08. The minimum Gasteiger partial charge on any atom is -0.396 e. The number of fused-ring (bicyclic) bond motifs is 1. The molecule has 7 heteroatoms. The van der Waals surface area contributed by atoms with Gasteiger partial charge >= 0.3 is 0 Å². The second kappa shape index (κ2) is 11.3. The van der Waals surface area contributed by atoms with Crippen molar-refractivity contribution in [2.24, 2.45) is 0 Å². The highest BCUT2D eigenvalue weighted by Gasteiger charge is 2.38. The summed E-state index contributed by atoms with van der Waals surface area (Å²) >= 11 is 0. The fourth-order valence-electron chi connectivity index (χ4n) is 4.86. The van der Waals surface area contributed by atoms with Gasteiger partial charge in [-0.3, -0.25) is 0 Å². The van der Waals surface area contributed by atoms with E-state index in [9.17, 15) is 5.11 Å². The molecule has 0 saturated carbocycles. The van der Waals surface area contributed by atoms with Crippen LogP contribution >= 0.6 is 0 Å². The van der Waals surface area contributed by atoms with Gasteiger partial charge in [0.05, 0.1) is 19.0 Å². The van der Waals surface area contributed by atoms with Crippen molar-refractivity contribution < 1.29 is 9.84 Å². The molecule has 37 heavy (non-hydrogen) atoms. The lowest BCUT2D eigenvalue weighted by Crippen LogP contribution is -2.35. The smallest absolute Gasteiger partial charge is 0.165 e. The third-order valence-electron chi connectivity index (χ3n) is 6.59. The Bertz CT molecular complexity index is 1310. The normalized spacial score (nSPS) is 12.5. The predicted molar refractivity (Wildman–Crippen MR) is 145 cm³/mol. The summed E-state index contributed by atoms with van der Waals surface area (Å²) in [6, 6.07) is 30.7. The Labute approximate surface area is 216 Å². The highest BCUT2D eigenvalue weighted by Crippen LogP contribution is 2.41. The van der Waals surface area contributed by atoms with Crippen LogP contribution in [0.5, 0.6) is 0 Å². The van der Waals surface area contributed by atoms with E-state index in [0.29, 0.717) is 30.0 Å². The van der Waals surface area contributed by atoms with E-state index < -0.39 is 5.60 Å². The molecule has 0 aliphatic heterocycles. The molecule has 7 nitrogen and oxygen atoms in total. The Morgan fingerprint density at radius 3 is 1.92 bits per heavy atom. The zero-order valence-corrected chi connectivity index (χ0v) is 20.9. The number of aromatic nitrogens is 4. The van der Waals surface area contributed by atoms with Crippen LogP contribution < -0.4 is 5.32 Å². The second-order valence-corrected chi connectivity index (χ2v) is 8.83. The lowest BCUT2D eigenvalue weighted by molar-refractivity contribution is -0.00889. The number of hydrogen-bond donors (Lipinski definition) is 2. The molecule has 0 aliphatic rings. The molecule has 0 aliphatic carbocycles. The fraction of sp³-hybridized carbons (Fsp3) is 0.233. The average molecular weight is 494 g/mol. The first-order valence-electron chi connectivity index (χ1n) is 12.6. The number of nitrogens with zero attached hydrogens (tertiary/aromatic N) is 4. The SMILES string of the molecule is CCNc1ncnc2c1ncn2C(CCO)COC(c1ccccc1)(c1ccccc1)c1ccccc1. The van der Waals surface area contributed by atoms with E-state index in [1.807, 2.05) is 66.1 Å². The van der Waals surface area contributed by atoms with E-state index in [4.69, 9.17) is 4.74 Å². The number of imidazole rings is 1. The Morgan fingerprint density at radius 2 is 1.41 bits per heavy atom. The summed E-state index contributed by atoms with van der Waals surface area (Å²) in [5.41, 5.74) is 3.65. The van der Waals surface area contributed by atoms with Gasteiger partial charge in [-0.15, -0.1) is 0 Å². The number of nitrogens with one attached hydrogen (secondary N) is 1. The van der Waals surface area contributed by atoms with Gasteiger partial charge in [0, 0.05) is 13.2 Å². The Balaban J connectivity index is 1.60. The first-order chi connectivity index (χ1) is 18.3. The van der Waals surface area contributed by atoms with Gasteiger partial charge in [0.15, 0.2) is 11.5 Å². The predicted octanol–water partition coefficient (Wildman–Crippen LogP) is 5.19. The summed E-state index contributed by atoms with van der Waals surface area (Å²) in [4.78, 5) is 13.5. The molecule has 5 aromatic rings. The average Bonchev–Trinajstić information content (AvgIpc) is 3.40. The van der Waals surface area contributed by atoms with Crippen LogP contribution in [0.1, 0.15) is 36.1 Å². The summed E-state index contributed by atoms with van der Waals surface area (Å²) < 4.78 is 9.02. The van der Waals surface area contributed by atoms with Crippen molar-refractivity contribution in [3.63, 3.8) is 0 Å². The number of ether oxygens (including phenoxy) is 1. The zero-order chi connectivity index (χ0) is 25.5. The van der Waals surface area contributed by atoms with Crippen LogP contribution in [-0.4, -0.2) is 44.4 Å². The van der Waals surface area contributed by atoms with Crippen molar-refractivity contribution >= 4 is 17.0 Å². The first kappa shape index (κ1) is 24.6. The maximum atomic E-state index is 9.99. The van der Waals surface area contributed by atoms with E-state index in [0.717, 1.165) is 23.2 Å². The van der Waals surface area contributed by atoms with E-state index in [2.05, 4.69) is 56.7 Å². The van der Waals surface area contributed by atoms with Crippen LogP contribution in [-0.2, 0) is 10.3 Å². The number of aliphatic hydroxyl groups is 1. The van der Waals surface area contributed by atoms with Gasteiger partial charge in [-0.05, 0) is 30.0 Å². The lowest BCUT2D eigenvalue weighted by atomic mass is 9.80. The molecule has 0 fully saturated rings. The molecule has 0 radical (unpaired) electrons. The fourth-order valence-corrected chi connectivity index (χ4v) is 4.86. The highest BCUT2D eigenvalue weighted by molar-refractivity contribution is 5.82. The molecule has 5 rings (SSSR count). The molecule has 3 aromatic carbocycles. The van der Waals surface area contributed by atoms with Crippen LogP contribution in [0.4, 0.5) is 5.82 Å². The Kier molecular flexibility index (Phi) is 7.54. The minimum absolute atomic E-state index is 0.00780. The summed E-state index contributed by atoms with van der Waals surface area (Å²) in [5.74, 6) is 0.696. The maximum absolute atomic E-state index is 9.99. The number of benzene rings is 3. The third-order valence-corrected chi connectivity index (χ3v) is 6.59. The number of hydrogen-bond acceptors (Lipinski definition) is 6. The van der Waals surface area contributed by atoms with E-state index in [1.165, 1.54) is 6.33 Å². The minimum atomic E-state index is -0.849. The summed E-state index contributed by atoms with van der Waals surface area (Å²) in [6.07, 6.45) is 3.79. The molecular weight excluding hydrogens is 462 g/mol. The molecule has 188 valence electrons. The van der Waals surface area contributed by atoms with Gasteiger partial charge in [-0.25, -0.2) is 15.0 Å². The van der Waals surface area contributed by atoms with E-state index in [-0.39, 0.29) is 12.6 Å². The topological polar surface area (TPSA) is 85.1 Å². The van der Waals surface area contributed by atoms with Crippen molar-refractivity contribution in [1.29, 1.82) is 0 Å². The first-order valence-corrected chi connectivity index (χ1v) is 12.6. The van der Waals surface area contributed by atoms with Gasteiger partial charge < -0.3 is 19.7 Å². The molecular formula is C30H31N5O2. The molecule has 2 N–H and O–H groups in total. The van der Waals surface area contributed by atoms with Crippen LogP contribution in [0, 0.1) is 0 Å². The van der Waals surface area contributed by atoms with Gasteiger partial charge in [-0.2, -0.15) is 0 Å². The molecule has 1 unspecified atom stereocenters. The van der Waals surface area contributed by atoms with Crippen LogP contribution in [0.3, 0.4) is 0 Å².